The Labute approximate surface area is 127 Å². The summed E-state index contributed by atoms with van der Waals surface area (Å²) in [5.74, 6) is 0.833. The predicted octanol–water partition coefficient (Wildman–Crippen LogP) is 4.30. The summed E-state index contributed by atoms with van der Waals surface area (Å²) in [4.78, 5) is 2.72. The molecule has 0 heterocycles. The van der Waals surface area contributed by atoms with E-state index in [1.54, 1.807) is 0 Å². The summed E-state index contributed by atoms with van der Waals surface area (Å²) >= 11 is 0. The number of rotatable bonds is 10. The van der Waals surface area contributed by atoms with Gasteiger partial charge in [0, 0.05) is 19.6 Å². The summed E-state index contributed by atoms with van der Waals surface area (Å²) in [6.45, 7) is 15.5. The molecule has 1 N–H and O–H groups in total. The zero-order valence-corrected chi connectivity index (χ0v) is 14.5. The van der Waals surface area contributed by atoms with Crippen LogP contribution in [-0.2, 0) is 0 Å². The highest BCUT2D eigenvalue weighted by molar-refractivity contribution is 4.88. The number of nitrogens with one attached hydrogen (secondary N) is 1. The first-order valence-corrected chi connectivity index (χ1v) is 9.09. The minimum Gasteiger partial charge on any atom is -0.316 e. The average Bonchev–Trinajstić information content (AvgIpc) is 2.47. The molecule has 0 amide bonds. The Morgan fingerprint density at radius 1 is 1.10 bits per heavy atom. The van der Waals surface area contributed by atoms with E-state index in [0.29, 0.717) is 5.41 Å². The van der Waals surface area contributed by atoms with Gasteiger partial charge in [0.15, 0.2) is 0 Å². The second-order valence-electron chi connectivity index (χ2n) is 7.08. The number of nitrogens with zero attached hydrogens (tertiary/aromatic N) is 1. The van der Waals surface area contributed by atoms with Crippen molar-refractivity contribution in [3.8, 4) is 0 Å². The van der Waals surface area contributed by atoms with Gasteiger partial charge in [0.25, 0.3) is 0 Å². The summed E-state index contributed by atoms with van der Waals surface area (Å²) in [5, 5.41) is 3.72. The van der Waals surface area contributed by atoms with Crippen molar-refractivity contribution in [3.05, 3.63) is 0 Å². The lowest BCUT2D eigenvalue weighted by Gasteiger charge is -2.42. The lowest BCUT2D eigenvalue weighted by Crippen LogP contribution is -2.46. The van der Waals surface area contributed by atoms with Gasteiger partial charge in [0.2, 0.25) is 0 Å². The van der Waals surface area contributed by atoms with Crippen LogP contribution in [0.4, 0.5) is 0 Å². The van der Waals surface area contributed by atoms with Crippen LogP contribution >= 0.6 is 0 Å². The Bertz CT molecular complexity index is 234. The molecule has 0 aromatic heterocycles. The molecule has 0 aliphatic heterocycles. The molecule has 0 aromatic rings. The van der Waals surface area contributed by atoms with Gasteiger partial charge in [-0.05, 0) is 43.7 Å². The molecule has 1 rings (SSSR count). The van der Waals surface area contributed by atoms with Crippen LogP contribution in [0.1, 0.15) is 72.6 Å². The number of hydrogen-bond acceptors (Lipinski definition) is 2. The van der Waals surface area contributed by atoms with E-state index in [4.69, 9.17) is 0 Å². The van der Waals surface area contributed by atoms with Gasteiger partial charge in [-0.2, -0.15) is 0 Å². The smallest absolute Gasteiger partial charge is 0.00501 e. The third kappa shape index (κ3) is 6.13. The second kappa shape index (κ2) is 9.78. The topological polar surface area (TPSA) is 15.3 Å². The summed E-state index contributed by atoms with van der Waals surface area (Å²) in [6, 6.07) is 0. The van der Waals surface area contributed by atoms with Crippen molar-refractivity contribution in [2.75, 3.05) is 32.7 Å². The van der Waals surface area contributed by atoms with E-state index in [0.717, 1.165) is 5.92 Å². The van der Waals surface area contributed by atoms with Gasteiger partial charge in [0.05, 0.1) is 0 Å². The van der Waals surface area contributed by atoms with Gasteiger partial charge < -0.3 is 10.2 Å². The maximum Gasteiger partial charge on any atom is 0.00501 e. The maximum absolute atomic E-state index is 3.72. The molecule has 1 aliphatic carbocycles. The van der Waals surface area contributed by atoms with Crippen LogP contribution in [0, 0.1) is 11.3 Å². The molecule has 0 saturated heterocycles. The monoisotopic (exact) mass is 282 g/mol. The van der Waals surface area contributed by atoms with Crippen LogP contribution in [-0.4, -0.2) is 37.6 Å². The Kier molecular flexibility index (Phi) is 8.79. The Balaban J connectivity index is 2.56. The molecule has 1 fully saturated rings. The van der Waals surface area contributed by atoms with Gasteiger partial charge in [-0.3, -0.25) is 0 Å². The minimum absolute atomic E-state index is 0.552. The van der Waals surface area contributed by atoms with Gasteiger partial charge in [0.1, 0.15) is 0 Å². The third-order valence-corrected chi connectivity index (χ3v) is 5.11. The molecule has 1 unspecified atom stereocenters. The third-order valence-electron chi connectivity index (χ3n) is 5.11. The van der Waals surface area contributed by atoms with E-state index < -0.39 is 0 Å². The molecule has 2 heteroatoms. The largest absolute Gasteiger partial charge is 0.316 e. The summed E-state index contributed by atoms with van der Waals surface area (Å²) < 4.78 is 0. The predicted molar refractivity (Wildman–Crippen MR) is 90.2 cm³/mol. The zero-order valence-electron chi connectivity index (χ0n) is 14.5. The van der Waals surface area contributed by atoms with Crippen LogP contribution < -0.4 is 5.32 Å². The first kappa shape index (κ1) is 18.0. The van der Waals surface area contributed by atoms with E-state index >= 15 is 0 Å². The normalized spacial score (nSPS) is 20.2. The lowest BCUT2D eigenvalue weighted by molar-refractivity contribution is 0.0961. The van der Waals surface area contributed by atoms with Crippen molar-refractivity contribution in [2.45, 2.75) is 72.6 Å². The minimum atomic E-state index is 0.552. The van der Waals surface area contributed by atoms with Gasteiger partial charge in [-0.15, -0.1) is 0 Å². The standard InChI is InChI=1S/C18H38N2/c1-5-13-19-15-18(11-9-8-10-12-18)16-20(7-3)14-17(4)6-2/h17,19H,5-16H2,1-4H3. The van der Waals surface area contributed by atoms with Crippen molar-refractivity contribution in [2.24, 2.45) is 11.3 Å². The van der Waals surface area contributed by atoms with E-state index in [1.165, 1.54) is 77.7 Å². The molecule has 1 aliphatic rings. The van der Waals surface area contributed by atoms with Gasteiger partial charge >= 0.3 is 0 Å². The first-order chi connectivity index (χ1) is 9.65. The summed E-state index contributed by atoms with van der Waals surface area (Å²) in [6.07, 6.45) is 9.75. The molecule has 0 aromatic carbocycles. The number of hydrogen-bond donors (Lipinski definition) is 1. The van der Waals surface area contributed by atoms with Crippen LogP contribution in [0.15, 0.2) is 0 Å². The van der Waals surface area contributed by atoms with Gasteiger partial charge in [-0.25, -0.2) is 0 Å². The molecule has 0 spiro atoms. The van der Waals surface area contributed by atoms with Crippen LogP contribution in [0.25, 0.3) is 0 Å². The molecule has 1 atom stereocenters. The molecular weight excluding hydrogens is 244 g/mol. The highest BCUT2D eigenvalue weighted by Crippen LogP contribution is 2.36. The van der Waals surface area contributed by atoms with Crippen molar-refractivity contribution in [1.82, 2.24) is 10.2 Å². The summed E-state index contributed by atoms with van der Waals surface area (Å²) in [5.41, 5.74) is 0.552. The van der Waals surface area contributed by atoms with E-state index in [1.807, 2.05) is 0 Å². The fraction of sp³-hybridized carbons (Fsp3) is 1.00. The maximum atomic E-state index is 3.72. The SMILES string of the molecule is CCCNCC1(CN(CC)CC(C)CC)CCCCC1. The van der Waals surface area contributed by atoms with Crippen molar-refractivity contribution in [1.29, 1.82) is 0 Å². The highest BCUT2D eigenvalue weighted by Gasteiger charge is 2.33. The first-order valence-electron chi connectivity index (χ1n) is 9.09. The van der Waals surface area contributed by atoms with Crippen molar-refractivity contribution in [3.63, 3.8) is 0 Å². The Morgan fingerprint density at radius 3 is 2.35 bits per heavy atom. The fourth-order valence-corrected chi connectivity index (χ4v) is 3.57. The van der Waals surface area contributed by atoms with Crippen LogP contribution in [0.3, 0.4) is 0 Å². The van der Waals surface area contributed by atoms with Crippen LogP contribution in [0.5, 0.6) is 0 Å². The van der Waals surface area contributed by atoms with Crippen molar-refractivity contribution < 1.29 is 0 Å². The van der Waals surface area contributed by atoms with E-state index in [-0.39, 0.29) is 0 Å². The average molecular weight is 283 g/mol. The fourth-order valence-electron chi connectivity index (χ4n) is 3.57. The van der Waals surface area contributed by atoms with Gasteiger partial charge in [-0.1, -0.05) is 53.4 Å². The molecule has 0 radical (unpaired) electrons. The molecule has 120 valence electrons. The van der Waals surface area contributed by atoms with E-state index in [2.05, 4.69) is 37.9 Å². The Hall–Kier alpha value is -0.0800. The van der Waals surface area contributed by atoms with Crippen LogP contribution in [0.2, 0.25) is 0 Å². The van der Waals surface area contributed by atoms with Crippen molar-refractivity contribution >= 4 is 0 Å². The molecule has 0 bridgehead atoms. The lowest BCUT2D eigenvalue weighted by atomic mass is 9.73. The summed E-state index contributed by atoms with van der Waals surface area (Å²) in [7, 11) is 0. The quantitative estimate of drug-likeness (QED) is 0.601. The molecule has 1 saturated carbocycles. The van der Waals surface area contributed by atoms with E-state index in [9.17, 15) is 0 Å². The second-order valence-corrected chi connectivity index (χ2v) is 7.08. The molecule has 2 nitrogen and oxygen atoms in total. The molecule has 20 heavy (non-hydrogen) atoms. The highest BCUT2D eigenvalue weighted by atomic mass is 15.1. The molecular formula is C18H38N2. The Morgan fingerprint density at radius 2 is 1.80 bits per heavy atom. The zero-order chi connectivity index (χ0) is 14.8.